The lowest BCUT2D eigenvalue weighted by Crippen LogP contribution is -2.57. The molecule has 1 aromatic rings. The maximum Gasteiger partial charge on any atom is 0.261 e. The first kappa shape index (κ1) is 19.5. The van der Waals surface area contributed by atoms with Gasteiger partial charge in [-0.15, -0.1) is 0 Å². The van der Waals surface area contributed by atoms with Gasteiger partial charge in [-0.05, 0) is 31.0 Å². The highest BCUT2D eigenvalue weighted by molar-refractivity contribution is 6.22. The summed E-state index contributed by atoms with van der Waals surface area (Å²) in [7, 11) is 0. The summed E-state index contributed by atoms with van der Waals surface area (Å²) in [5.74, 6) is -1.38. The maximum absolute atomic E-state index is 12.8. The fourth-order valence-corrected chi connectivity index (χ4v) is 3.65. The first-order valence-corrected chi connectivity index (χ1v) is 9.13. The zero-order valence-electron chi connectivity index (χ0n) is 15.0. The number of hydrogen-bond acceptors (Lipinski definition) is 6. The van der Waals surface area contributed by atoms with Crippen LogP contribution in [0, 0.1) is 0 Å². The second-order valence-corrected chi connectivity index (χ2v) is 7.24. The number of amides is 3. The third kappa shape index (κ3) is 3.47. The van der Waals surface area contributed by atoms with Gasteiger partial charge in [0.1, 0.15) is 5.54 Å². The standard InChI is InChI=1S/C19H24N2O6/c22-9-19(10-23,11-24)20-16(25)12-6-7-14-15(8-12)18(27)21(17(14)26)13-4-2-1-3-5-13/h6-8,13,22-24H,1-5,9-11H2,(H,20,25). The number of benzene rings is 1. The average molecular weight is 376 g/mol. The highest BCUT2D eigenvalue weighted by atomic mass is 16.3. The Morgan fingerprint density at radius 1 is 1.00 bits per heavy atom. The van der Waals surface area contributed by atoms with Crippen LogP contribution in [0.1, 0.15) is 63.2 Å². The van der Waals surface area contributed by atoms with Crippen molar-refractivity contribution >= 4 is 17.7 Å². The second-order valence-electron chi connectivity index (χ2n) is 7.24. The lowest BCUT2D eigenvalue weighted by Gasteiger charge is -2.29. The van der Waals surface area contributed by atoms with Crippen molar-refractivity contribution < 1.29 is 29.7 Å². The van der Waals surface area contributed by atoms with E-state index in [1.54, 1.807) is 0 Å². The average Bonchev–Trinajstić information content (AvgIpc) is 2.96. The predicted octanol–water partition coefficient (Wildman–Crippen LogP) is 0.0608. The van der Waals surface area contributed by atoms with Crippen molar-refractivity contribution in [3.8, 4) is 0 Å². The van der Waals surface area contributed by atoms with Crippen LogP contribution in [0.4, 0.5) is 0 Å². The molecule has 0 saturated heterocycles. The van der Waals surface area contributed by atoms with Crippen LogP contribution in [-0.4, -0.2) is 69.3 Å². The first-order chi connectivity index (χ1) is 13.0. The fraction of sp³-hybridized carbons (Fsp3) is 0.526. The van der Waals surface area contributed by atoms with Crippen LogP contribution in [0.5, 0.6) is 0 Å². The molecule has 146 valence electrons. The van der Waals surface area contributed by atoms with Gasteiger partial charge < -0.3 is 20.6 Å². The number of aliphatic hydroxyl groups is 3. The molecule has 0 unspecified atom stereocenters. The number of nitrogens with one attached hydrogen (secondary N) is 1. The van der Waals surface area contributed by atoms with Gasteiger partial charge in [0.15, 0.2) is 0 Å². The number of hydrogen-bond donors (Lipinski definition) is 4. The molecule has 3 amide bonds. The summed E-state index contributed by atoms with van der Waals surface area (Å²) in [5.41, 5.74) is -0.995. The first-order valence-electron chi connectivity index (χ1n) is 9.13. The van der Waals surface area contributed by atoms with Gasteiger partial charge in [0.05, 0.1) is 30.9 Å². The molecule has 1 aliphatic heterocycles. The number of carbonyl (C=O) groups excluding carboxylic acids is 3. The third-order valence-corrected chi connectivity index (χ3v) is 5.41. The molecule has 0 atom stereocenters. The molecule has 1 aliphatic carbocycles. The van der Waals surface area contributed by atoms with E-state index in [2.05, 4.69) is 5.32 Å². The molecule has 4 N–H and O–H groups in total. The summed E-state index contributed by atoms with van der Waals surface area (Å²) in [6, 6.07) is 4.12. The Bertz CT molecular complexity index is 744. The Labute approximate surface area is 156 Å². The molecule has 1 aromatic carbocycles. The molecule has 3 rings (SSSR count). The number of rotatable bonds is 6. The number of imide groups is 1. The number of nitrogens with zero attached hydrogens (tertiary/aromatic N) is 1. The summed E-state index contributed by atoms with van der Waals surface area (Å²) in [4.78, 5) is 39.2. The quantitative estimate of drug-likeness (QED) is 0.520. The summed E-state index contributed by atoms with van der Waals surface area (Å²) < 4.78 is 0. The van der Waals surface area contributed by atoms with Gasteiger partial charge in [-0.2, -0.15) is 0 Å². The molecule has 1 saturated carbocycles. The molecule has 2 aliphatic rings. The second kappa shape index (κ2) is 7.75. The largest absolute Gasteiger partial charge is 0.394 e. The Hall–Kier alpha value is -2.29. The van der Waals surface area contributed by atoms with E-state index in [1.807, 2.05) is 0 Å². The number of fused-ring (bicyclic) bond motifs is 1. The summed E-state index contributed by atoms with van der Waals surface area (Å²) in [6.07, 6.45) is 4.66. The Balaban J connectivity index is 1.84. The minimum absolute atomic E-state index is 0.103. The van der Waals surface area contributed by atoms with Crippen LogP contribution < -0.4 is 5.32 Å². The summed E-state index contributed by atoms with van der Waals surface area (Å²) in [6.45, 7) is -1.95. The number of aliphatic hydroxyl groups excluding tert-OH is 3. The van der Waals surface area contributed by atoms with Crippen LogP contribution >= 0.6 is 0 Å². The molecule has 0 radical (unpaired) electrons. The molecular weight excluding hydrogens is 352 g/mol. The molecule has 0 spiro atoms. The van der Waals surface area contributed by atoms with Crippen molar-refractivity contribution in [3.63, 3.8) is 0 Å². The van der Waals surface area contributed by atoms with Crippen LogP contribution in [0.2, 0.25) is 0 Å². The molecule has 1 heterocycles. The van der Waals surface area contributed by atoms with Gasteiger partial charge >= 0.3 is 0 Å². The Kier molecular flexibility index (Phi) is 5.59. The smallest absolute Gasteiger partial charge is 0.261 e. The lowest BCUT2D eigenvalue weighted by atomic mass is 9.94. The Morgan fingerprint density at radius 2 is 1.59 bits per heavy atom. The van der Waals surface area contributed by atoms with Crippen LogP contribution in [0.3, 0.4) is 0 Å². The van der Waals surface area contributed by atoms with Crippen molar-refractivity contribution in [1.29, 1.82) is 0 Å². The summed E-state index contributed by atoms with van der Waals surface area (Å²) in [5, 5.41) is 30.4. The van der Waals surface area contributed by atoms with E-state index in [0.29, 0.717) is 0 Å². The van der Waals surface area contributed by atoms with Crippen molar-refractivity contribution in [3.05, 3.63) is 34.9 Å². The van der Waals surface area contributed by atoms with Gasteiger partial charge in [0.25, 0.3) is 17.7 Å². The predicted molar refractivity (Wildman–Crippen MR) is 95.3 cm³/mol. The van der Waals surface area contributed by atoms with Gasteiger partial charge in [0.2, 0.25) is 0 Å². The van der Waals surface area contributed by atoms with E-state index < -0.39 is 37.2 Å². The normalized spacial score (nSPS) is 18.0. The monoisotopic (exact) mass is 376 g/mol. The highest BCUT2D eigenvalue weighted by Gasteiger charge is 2.40. The van der Waals surface area contributed by atoms with E-state index in [4.69, 9.17) is 0 Å². The van der Waals surface area contributed by atoms with Crippen LogP contribution in [-0.2, 0) is 0 Å². The van der Waals surface area contributed by atoms with E-state index in [9.17, 15) is 29.7 Å². The van der Waals surface area contributed by atoms with Gasteiger partial charge in [-0.25, -0.2) is 0 Å². The van der Waals surface area contributed by atoms with Crippen molar-refractivity contribution in [2.75, 3.05) is 19.8 Å². The highest BCUT2D eigenvalue weighted by Crippen LogP contribution is 2.31. The minimum atomic E-state index is -1.57. The van der Waals surface area contributed by atoms with E-state index in [-0.39, 0.29) is 28.6 Å². The summed E-state index contributed by atoms with van der Waals surface area (Å²) >= 11 is 0. The van der Waals surface area contributed by atoms with Crippen molar-refractivity contribution in [1.82, 2.24) is 10.2 Å². The fourth-order valence-electron chi connectivity index (χ4n) is 3.65. The number of carbonyl (C=O) groups is 3. The van der Waals surface area contributed by atoms with Crippen molar-refractivity contribution in [2.45, 2.75) is 43.7 Å². The van der Waals surface area contributed by atoms with E-state index in [1.165, 1.54) is 23.1 Å². The molecule has 8 heteroatoms. The van der Waals surface area contributed by atoms with Gasteiger partial charge in [0, 0.05) is 11.6 Å². The Morgan fingerprint density at radius 3 is 2.19 bits per heavy atom. The van der Waals surface area contributed by atoms with Crippen LogP contribution in [0.25, 0.3) is 0 Å². The molecule has 27 heavy (non-hydrogen) atoms. The van der Waals surface area contributed by atoms with Gasteiger partial charge in [-0.1, -0.05) is 19.3 Å². The zero-order chi connectivity index (χ0) is 19.6. The SMILES string of the molecule is O=C(NC(CO)(CO)CO)c1ccc2c(c1)C(=O)N(C1CCCCC1)C2=O. The van der Waals surface area contributed by atoms with E-state index in [0.717, 1.165) is 32.1 Å². The topological polar surface area (TPSA) is 127 Å². The molecule has 1 fully saturated rings. The molecule has 0 bridgehead atoms. The third-order valence-electron chi connectivity index (χ3n) is 5.41. The zero-order valence-corrected chi connectivity index (χ0v) is 15.0. The molecular formula is C19H24N2O6. The molecule has 0 aromatic heterocycles. The van der Waals surface area contributed by atoms with Gasteiger partial charge in [-0.3, -0.25) is 19.3 Å². The van der Waals surface area contributed by atoms with Crippen LogP contribution in [0.15, 0.2) is 18.2 Å². The maximum atomic E-state index is 12.8. The van der Waals surface area contributed by atoms with Crippen molar-refractivity contribution in [2.24, 2.45) is 0 Å². The van der Waals surface area contributed by atoms with E-state index >= 15 is 0 Å². The minimum Gasteiger partial charge on any atom is -0.394 e. The molecule has 8 nitrogen and oxygen atoms in total. The lowest BCUT2D eigenvalue weighted by molar-refractivity contribution is 0.0375.